The average Bonchev–Trinajstić information content (AvgIpc) is 2.65. The van der Waals surface area contributed by atoms with Gasteiger partial charge in [-0.2, -0.15) is 0 Å². The Morgan fingerprint density at radius 1 is 0.962 bits per heavy atom. The zero-order valence-corrected chi connectivity index (χ0v) is 16.4. The maximum atomic E-state index is 11.9. The summed E-state index contributed by atoms with van der Waals surface area (Å²) < 4.78 is 5.26. The Balaban J connectivity index is 0.00000338. The van der Waals surface area contributed by atoms with Gasteiger partial charge in [0.25, 0.3) is 0 Å². The van der Waals surface area contributed by atoms with E-state index in [4.69, 9.17) is 4.74 Å². The minimum absolute atomic E-state index is 0. The summed E-state index contributed by atoms with van der Waals surface area (Å²) in [6, 6.07) is 18.4. The van der Waals surface area contributed by atoms with Gasteiger partial charge in [-0.05, 0) is 49.2 Å². The number of halogens is 1. The Kier molecular flexibility index (Phi) is 10.4. The van der Waals surface area contributed by atoms with Crippen LogP contribution in [0.15, 0.2) is 54.6 Å². The van der Waals surface area contributed by atoms with Gasteiger partial charge in [0.2, 0.25) is 0 Å². The van der Waals surface area contributed by atoms with Crippen molar-refractivity contribution in [2.75, 3.05) is 31.6 Å². The molecule has 5 heteroatoms. The molecule has 0 saturated carbocycles. The zero-order valence-electron chi connectivity index (χ0n) is 15.6. The monoisotopic (exact) mass is 376 g/mol. The van der Waals surface area contributed by atoms with Gasteiger partial charge in [0.15, 0.2) is 0 Å². The summed E-state index contributed by atoms with van der Waals surface area (Å²) in [7, 11) is 0. The van der Waals surface area contributed by atoms with Crippen LogP contribution in [0.5, 0.6) is 0 Å². The van der Waals surface area contributed by atoms with E-state index in [9.17, 15) is 4.79 Å². The minimum atomic E-state index is -0.396. The normalized spacial score (nSPS) is 10.3. The number of carbonyl (C=O) groups excluding carboxylic acids is 1. The van der Waals surface area contributed by atoms with Crippen molar-refractivity contribution >= 4 is 24.2 Å². The van der Waals surface area contributed by atoms with Crippen molar-refractivity contribution in [3.8, 4) is 0 Å². The Morgan fingerprint density at radius 2 is 1.62 bits per heavy atom. The van der Waals surface area contributed by atoms with Gasteiger partial charge in [0, 0.05) is 12.2 Å². The summed E-state index contributed by atoms with van der Waals surface area (Å²) >= 11 is 0. The van der Waals surface area contributed by atoms with Crippen LogP contribution >= 0.6 is 12.4 Å². The second-order valence-electron chi connectivity index (χ2n) is 5.97. The quantitative estimate of drug-likeness (QED) is 0.684. The van der Waals surface area contributed by atoms with Crippen LogP contribution in [-0.2, 0) is 17.6 Å². The van der Waals surface area contributed by atoms with E-state index in [1.165, 1.54) is 11.1 Å². The molecule has 0 aliphatic heterocycles. The first-order valence-electron chi connectivity index (χ1n) is 9.00. The Hall–Kier alpha value is -2.04. The molecule has 2 aromatic rings. The highest BCUT2D eigenvalue weighted by Crippen LogP contribution is 2.13. The molecule has 0 aromatic heterocycles. The molecule has 0 heterocycles. The van der Waals surface area contributed by atoms with E-state index in [0.717, 1.165) is 38.2 Å². The largest absolute Gasteiger partial charge is 0.448 e. The fourth-order valence-corrected chi connectivity index (χ4v) is 2.70. The number of likely N-dealkylation sites (N-methyl/N-ethyl adjacent to an activating group) is 1. The SMILES string of the molecule is CCN(CC)CCOC(=O)Nc1cccc(CCc2ccccc2)c1.Cl. The van der Waals surface area contributed by atoms with Gasteiger partial charge in [-0.15, -0.1) is 12.4 Å². The summed E-state index contributed by atoms with van der Waals surface area (Å²) in [5, 5.41) is 2.81. The average molecular weight is 377 g/mol. The van der Waals surface area contributed by atoms with Crippen molar-refractivity contribution < 1.29 is 9.53 Å². The van der Waals surface area contributed by atoms with Gasteiger partial charge < -0.3 is 9.64 Å². The number of nitrogens with zero attached hydrogens (tertiary/aromatic N) is 1. The first-order valence-corrected chi connectivity index (χ1v) is 9.00. The highest BCUT2D eigenvalue weighted by molar-refractivity contribution is 5.85. The number of amides is 1. The molecule has 1 amide bonds. The van der Waals surface area contributed by atoms with Gasteiger partial charge in [-0.1, -0.05) is 56.3 Å². The number of anilines is 1. The van der Waals surface area contributed by atoms with Crippen molar-refractivity contribution in [3.05, 3.63) is 65.7 Å². The van der Waals surface area contributed by atoms with Gasteiger partial charge in [-0.25, -0.2) is 4.79 Å². The molecule has 0 saturated heterocycles. The van der Waals surface area contributed by atoms with Crippen LogP contribution < -0.4 is 5.32 Å². The predicted octanol–water partition coefficient (Wildman–Crippen LogP) is 4.78. The van der Waals surface area contributed by atoms with E-state index in [1.807, 2.05) is 24.3 Å². The molecule has 2 aromatic carbocycles. The summed E-state index contributed by atoms with van der Waals surface area (Å²) in [6.45, 7) is 7.30. The number of rotatable bonds is 9. The van der Waals surface area contributed by atoms with Crippen LogP contribution in [0.1, 0.15) is 25.0 Å². The van der Waals surface area contributed by atoms with Crippen LogP contribution in [0.2, 0.25) is 0 Å². The minimum Gasteiger partial charge on any atom is -0.448 e. The number of hydrogen-bond donors (Lipinski definition) is 1. The number of ether oxygens (including phenoxy) is 1. The van der Waals surface area contributed by atoms with Crippen molar-refractivity contribution in [1.29, 1.82) is 0 Å². The summed E-state index contributed by atoms with van der Waals surface area (Å²) in [5.41, 5.74) is 3.29. The summed E-state index contributed by atoms with van der Waals surface area (Å²) in [4.78, 5) is 14.1. The third kappa shape index (κ3) is 7.89. The molecule has 0 unspecified atom stereocenters. The molecule has 0 fully saturated rings. The van der Waals surface area contributed by atoms with Crippen molar-refractivity contribution in [3.63, 3.8) is 0 Å². The Bertz CT molecular complexity index is 645. The lowest BCUT2D eigenvalue weighted by Crippen LogP contribution is -2.28. The summed E-state index contributed by atoms with van der Waals surface area (Å²) in [5.74, 6) is 0. The summed E-state index contributed by atoms with van der Waals surface area (Å²) in [6.07, 6.45) is 1.53. The maximum Gasteiger partial charge on any atom is 0.411 e. The van der Waals surface area contributed by atoms with E-state index in [2.05, 4.69) is 54.4 Å². The second-order valence-corrected chi connectivity index (χ2v) is 5.97. The topological polar surface area (TPSA) is 41.6 Å². The molecule has 2 rings (SSSR count). The highest BCUT2D eigenvalue weighted by atomic mass is 35.5. The van der Waals surface area contributed by atoms with E-state index >= 15 is 0 Å². The van der Waals surface area contributed by atoms with Crippen LogP contribution in [0.4, 0.5) is 10.5 Å². The highest BCUT2D eigenvalue weighted by Gasteiger charge is 2.06. The third-order valence-corrected chi connectivity index (χ3v) is 4.25. The van der Waals surface area contributed by atoms with Crippen LogP contribution in [0.3, 0.4) is 0 Å². The molecule has 1 N–H and O–H groups in total. The van der Waals surface area contributed by atoms with E-state index in [0.29, 0.717) is 6.61 Å². The Morgan fingerprint density at radius 3 is 2.31 bits per heavy atom. The molecule has 0 spiro atoms. The number of hydrogen-bond acceptors (Lipinski definition) is 3. The molecule has 26 heavy (non-hydrogen) atoms. The van der Waals surface area contributed by atoms with Crippen LogP contribution in [-0.4, -0.2) is 37.2 Å². The molecule has 142 valence electrons. The number of carbonyl (C=O) groups is 1. The molecule has 0 radical (unpaired) electrons. The molecule has 0 aliphatic rings. The smallest absolute Gasteiger partial charge is 0.411 e. The first-order chi connectivity index (χ1) is 12.2. The van der Waals surface area contributed by atoms with E-state index in [1.54, 1.807) is 0 Å². The fourth-order valence-electron chi connectivity index (χ4n) is 2.70. The molecular weight excluding hydrogens is 348 g/mol. The predicted molar refractivity (Wildman–Crippen MR) is 110 cm³/mol. The molecule has 0 aliphatic carbocycles. The first kappa shape index (κ1) is 22.0. The van der Waals surface area contributed by atoms with E-state index < -0.39 is 6.09 Å². The van der Waals surface area contributed by atoms with Gasteiger partial charge in [0.05, 0.1) is 0 Å². The van der Waals surface area contributed by atoms with Crippen molar-refractivity contribution in [2.45, 2.75) is 26.7 Å². The third-order valence-electron chi connectivity index (χ3n) is 4.25. The fraction of sp³-hybridized carbons (Fsp3) is 0.381. The molecular formula is C21H29ClN2O2. The Labute approximate surface area is 163 Å². The van der Waals surface area contributed by atoms with E-state index in [-0.39, 0.29) is 12.4 Å². The van der Waals surface area contributed by atoms with Gasteiger partial charge in [0.1, 0.15) is 6.61 Å². The van der Waals surface area contributed by atoms with Gasteiger partial charge in [-0.3, -0.25) is 5.32 Å². The van der Waals surface area contributed by atoms with Gasteiger partial charge >= 0.3 is 6.09 Å². The van der Waals surface area contributed by atoms with Crippen LogP contribution in [0, 0.1) is 0 Å². The van der Waals surface area contributed by atoms with Crippen LogP contribution in [0.25, 0.3) is 0 Å². The maximum absolute atomic E-state index is 11.9. The van der Waals surface area contributed by atoms with Crippen molar-refractivity contribution in [2.24, 2.45) is 0 Å². The lowest BCUT2D eigenvalue weighted by Gasteiger charge is -2.17. The lowest BCUT2D eigenvalue weighted by atomic mass is 10.0. The number of nitrogens with one attached hydrogen (secondary N) is 1. The van der Waals surface area contributed by atoms with Crippen molar-refractivity contribution in [1.82, 2.24) is 4.90 Å². The molecule has 0 atom stereocenters. The number of benzene rings is 2. The molecule has 0 bridgehead atoms. The lowest BCUT2D eigenvalue weighted by molar-refractivity contribution is 0.142. The zero-order chi connectivity index (χ0) is 17.9. The standard InChI is InChI=1S/C21H28N2O2.ClH/c1-3-23(4-2)15-16-25-21(24)22-20-12-8-11-19(17-20)14-13-18-9-6-5-7-10-18;/h5-12,17H,3-4,13-16H2,1-2H3,(H,22,24);1H. The molecule has 4 nitrogen and oxygen atoms in total. The second kappa shape index (κ2) is 12.3. The number of aryl methyl sites for hydroxylation is 2.